The van der Waals surface area contributed by atoms with Crippen LogP contribution in [-0.2, 0) is 11.2 Å². The molecule has 7 rings (SSSR count). The average molecular weight is 529 g/mol. The van der Waals surface area contributed by atoms with E-state index in [0.717, 1.165) is 42.0 Å². The fourth-order valence-corrected chi connectivity index (χ4v) is 6.15. The minimum Gasteiger partial charge on any atom is -0.340 e. The van der Waals surface area contributed by atoms with E-state index >= 15 is 4.39 Å². The Kier molecular flexibility index (Phi) is 5.26. The first-order valence-electron chi connectivity index (χ1n) is 12.4. The number of rotatable bonds is 4. The van der Waals surface area contributed by atoms with Gasteiger partial charge in [-0.25, -0.2) is 9.37 Å². The van der Waals surface area contributed by atoms with E-state index in [0.29, 0.717) is 17.7 Å². The molecule has 4 aromatic rings. The molecule has 1 saturated heterocycles. The molecule has 1 N–H and O–H groups in total. The zero-order valence-corrected chi connectivity index (χ0v) is 21.2. The Morgan fingerprint density at radius 1 is 1.18 bits per heavy atom. The molecule has 3 aromatic heterocycles. The molecule has 0 radical (unpaired) electrons. The summed E-state index contributed by atoms with van der Waals surface area (Å²) in [5, 5.41) is 11.2. The standard InChI is InChI=1S/C27H22ClFN8O/c1-14-2-4-18-17(8-9-30-26(14)18)20-12-31-27(33-20)22-6-3-16-10-15(11-23(38)37(16)22)24-21(36-13-32-34-35-36)7-5-19(28)25(24)29/h2,5,7-9,11-13,16,22H,3-4,6,10H2,1H3,(H,31,33)/t16?,22-/m0/s1. The summed E-state index contributed by atoms with van der Waals surface area (Å²) in [5.74, 6) is -0.0142. The van der Waals surface area contributed by atoms with Gasteiger partial charge in [0.2, 0.25) is 5.91 Å². The van der Waals surface area contributed by atoms with Gasteiger partial charge in [-0.1, -0.05) is 17.7 Å². The number of aromatic nitrogens is 7. The highest BCUT2D eigenvalue weighted by atomic mass is 35.5. The molecule has 0 saturated carbocycles. The number of carbonyl (C=O) groups excluding carboxylic acids is 1. The third-order valence-corrected chi connectivity index (χ3v) is 8.03. The number of amides is 1. The van der Waals surface area contributed by atoms with Crippen LogP contribution >= 0.6 is 11.6 Å². The van der Waals surface area contributed by atoms with Crippen molar-refractivity contribution in [3.8, 4) is 16.9 Å². The zero-order chi connectivity index (χ0) is 26.0. The molecule has 1 fully saturated rings. The molecule has 1 amide bonds. The Labute approximate surface area is 222 Å². The van der Waals surface area contributed by atoms with E-state index in [4.69, 9.17) is 11.6 Å². The van der Waals surface area contributed by atoms with Crippen LogP contribution in [0.3, 0.4) is 0 Å². The van der Waals surface area contributed by atoms with Gasteiger partial charge in [-0.3, -0.25) is 9.78 Å². The van der Waals surface area contributed by atoms with Crippen LogP contribution in [0.1, 0.15) is 54.9 Å². The van der Waals surface area contributed by atoms with E-state index in [-0.39, 0.29) is 28.6 Å². The molecule has 2 aliphatic heterocycles. The maximum absolute atomic E-state index is 15.3. The summed E-state index contributed by atoms with van der Waals surface area (Å²) in [6.45, 7) is 2.07. The van der Waals surface area contributed by atoms with Gasteiger partial charge in [0.05, 0.1) is 34.3 Å². The topological polar surface area (TPSA) is 105 Å². The smallest absolute Gasteiger partial charge is 0.247 e. The summed E-state index contributed by atoms with van der Waals surface area (Å²) >= 11 is 6.14. The Bertz CT molecular complexity index is 1660. The lowest BCUT2D eigenvalue weighted by molar-refractivity contribution is -0.129. The van der Waals surface area contributed by atoms with Crippen molar-refractivity contribution in [1.82, 2.24) is 40.1 Å². The van der Waals surface area contributed by atoms with Crippen LogP contribution in [0.4, 0.5) is 4.39 Å². The van der Waals surface area contributed by atoms with Crippen molar-refractivity contribution >= 4 is 28.7 Å². The van der Waals surface area contributed by atoms with E-state index in [1.165, 1.54) is 34.3 Å². The molecule has 190 valence electrons. The van der Waals surface area contributed by atoms with Crippen LogP contribution in [0.2, 0.25) is 5.02 Å². The van der Waals surface area contributed by atoms with Crippen LogP contribution in [0.15, 0.2) is 49.1 Å². The van der Waals surface area contributed by atoms with E-state index in [1.54, 1.807) is 6.07 Å². The van der Waals surface area contributed by atoms with Crippen molar-refractivity contribution < 1.29 is 9.18 Å². The van der Waals surface area contributed by atoms with Gasteiger partial charge in [0.25, 0.3) is 0 Å². The summed E-state index contributed by atoms with van der Waals surface area (Å²) < 4.78 is 16.7. The van der Waals surface area contributed by atoms with Crippen molar-refractivity contribution in [2.24, 2.45) is 0 Å². The lowest BCUT2D eigenvalue weighted by atomic mass is 9.92. The molecular formula is C27H22ClFN8O. The number of hydrogen-bond donors (Lipinski definition) is 1. The first-order valence-corrected chi connectivity index (χ1v) is 12.8. The summed E-state index contributed by atoms with van der Waals surface area (Å²) in [6.07, 6.45) is 11.6. The minimum absolute atomic E-state index is 0.0204. The van der Waals surface area contributed by atoms with Gasteiger partial charge >= 0.3 is 0 Å². The largest absolute Gasteiger partial charge is 0.340 e. The summed E-state index contributed by atoms with van der Waals surface area (Å²) in [5.41, 5.74) is 6.65. The van der Waals surface area contributed by atoms with Gasteiger partial charge < -0.3 is 9.88 Å². The van der Waals surface area contributed by atoms with E-state index in [9.17, 15) is 4.79 Å². The summed E-state index contributed by atoms with van der Waals surface area (Å²) in [7, 11) is 0. The second-order valence-electron chi connectivity index (χ2n) is 9.84. The van der Waals surface area contributed by atoms with Crippen LogP contribution < -0.4 is 0 Å². The number of halogens is 2. The molecule has 38 heavy (non-hydrogen) atoms. The number of nitrogens with zero attached hydrogens (tertiary/aromatic N) is 7. The molecule has 0 bridgehead atoms. The van der Waals surface area contributed by atoms with E-state index in [2.05, 4.69) is 43.5 Å². The number of H-pyrrole nitrogens is 1. The normalized spacial score (nSPS) is 20.4. The van der Waals surface area contributed by atoms with Crippen molar-refractivity contribution in [2.75, 3.05) is 0 Å². The molecule has 5 heterocycles. The molecule has 1 aliphatic carbocycles. The first kappa shape index (κ1) is 23.0. The SMILES string of the molecule is CC1=CCc2c(-c3cnc([C@@H]4CCC5CC(c6c(-n7cnnn7)ccc(Cl)c6F)=CC(=O)N54)[nH]3)ccnc21. The Morgan fingerprint density at radius 2 is 2.08 bits per heavy atom. The predicted molar refractivity (Wildman–Crippen MR) is 138 cm³/mol. The molecular weight excluding hydrogens is 507 g/mol. The number of benzene rings is 1. The van der Waals surface area contributed by atoms with Crippen LogP contribution in [0.5, 0.6) is 0 Å². The molecule has 1 unspecified atom stereocenters. The average Bonchev–Trinajstić information content (AvgIpc) is 3.72. The number of aromatic amines is 1. The van der Waals surface area contributed by atoms with Crippen LogP contribution in [-0.4, -0.2) is 52.0 Å². The molecule has 2 atom stereocenters. The number of pyridine rings is 1. The molecule has 3 aliphatic rings. The maximum Gasteiger partial charge on any atom is 0.247 e. The van der Waals surface area contributed by atoms with Crippen molar-refractivity contribution in [3.05, 3.63) is 82.6 Å². The third-order valence-electron chi connectivity index (χ3n) is 7.74. The number of carbonyl (C=O) groups is 1. The summed E-state index contributed by atoms with van der Waals surface area (Å²) in [6, 6.07) is 4.85. The van der Waals surface area contributed by atoms with E-state index in [1.807, 2.05) is 23.4 Å². The number of hydrogen-bond acceptors (Lipinski definition) is 6. The van der Waals surface area contributed by atoms with Gasteiger partial charge in [-0.05, 0) is 77.9 Å². The van der Waals surface area contributed by atoms with Crippen molar-refractivity contribution in [1.29, 1.82) is 0 Å². The van der Waals surface area contributed by atoms with Crippen molar-refractivity contribution in [2.45, 2.75) is 44.7 Å². The molecule has 11 heteroatoms. The zero-order valence-electron chi connectivity index (χ0n) is 20.4. The number of nitrogens with one attached hydrogen (secondary N) is 1. The highest BCUT2D eigenvalue weighted by Gasteiger charge is 2.42. The predicted octanol–water partition coefficient (Wildman–Crippen LogP) is 4.72. The molecule has 9 nitrogen and oxygen atoms in total. The van der Waals surface area contributed by atoms with Crippen LogP contribution in [0.25, 0.3) is 28.1 Å². The highest BCUT2D eigenvalue weighted by Crippen LogP contribution is 2.44. The second-order valence-corrected chi connectivity index (χ2v) is 10.2. The quantitative estimate of drug-likeness (QED) is 0.411. The van der Waals surface area contributed by atoms with Gasteiger partial charge in [0, 0.05) is 29.4 Å². The fraction of sp³-hybridized carbons (Fsp3) is 0.259. The highest BCUT2D eigenvalue weighted by molar-refractivity contribution is 6.31. The van der Waals surface area contributed by atoms with Gasteiger partial charge in [-0.2, -0.15) is 4.68 Å². The Morgan fingerprint density at radius 3 is 2.92 bits per heavy atom. The van der Waals surface area contributed by atoms with Gasteiger partial charge in [0.15, 0.2) is 5.82 Å². The van der Waals surface area contributed by atoms with Crippen LogP contribution in [0, 0.1) is 5.82 Å². The van der Waals surface area contributed by atoms with E-state index < -0.39 is 5.82 Å². The molecule has 0 spiro atoms. The minimum atomic E-state index is -0.591. The Balaban J connectivity index is 1.21. The van der Waals surface area contributed by atoms with Gasteiger partial charge in [0.1, 0.15) is 12.2 Å². The molecule has 1 aromatic carbocycles. The first-order chi connectivity index (χ1) is 18.5. The fourth-order valence-electron chi connectivity index (χ4n) is 5.99. The number of fused-ring (bicyclic) bond motifs is 2. The lowest BCUT2D eigenvalue weighted by Crippen LogP contribution is -2.39. The van der Waals surface area contributed by atoms with Gasteiger partial charge in [-0.15, -0.1) is 5.10 Å². The number of tetrazole rings is 1. The summed E-state index contributed by atoms with van der Waals surface area (Å²) in [4.78, 5) is 28.1. The monoisotopic (exact) mass is 528 g/mol. The van der Waals surface area contributed by atoms with Crippen molar-refractivity contribution in [3.63, 3.8) is 0 Å². The Hall–Kier alpha value is -4.18. The number of imidazole rings is 1. The lowest BCUT2D eigenvalue weighted by Gasteiger charge is -2.33. The third kappa shape index (κ3) is 3.51. The maximum atomic E-state index is 15.3. The second kappa shape index (κ2) is 8.70. The number of allylic oxidation sites excluding steroid dienone is 2.